The van der Waals surface area contributed by atoms with Crippen molar-refractivity contribution in [3.8, 4) is 0 Å². The molecule has 26 heavy (non-hydrogen) atoms. The third-order valence-electron chi connectivity index (χ3n) is 5.29. The van der Waals surface area contributed by atoms with Crippen LogP contribution < -0.4 is 10.4 Å². The van der Waals surface area contributed by atoms with E-state index in [0.29, 0.717) is 6.42 Å². The van der Waals surface area contributed by atoms with Gasteiger partial charge in [0, 0.05) is 18.9 Å². The van der Waals surface area contributed by atoms with Crippen LogP contribution >= 0.6 is 0 Å². The number of hydrogen-bond donors (Lipinski definition) is 0. The van der Waals surface area contributed by atoms with Crippen molar-refractivity contribution in [3.05, 3.63) is 60.7 Å². The zero-order chi connectivity index (χ0) is 18.8. The molecule has 2 nitrogen and oxygen atoms in total. The molecule has 0 spiro atoms. The minimum absolute atomic E-state index is 0.136. The molecule has 1 saturated carbocycles. The molecule has 3 rings (SSSR count). The van der Waals surface area contributed by atoms with Gasteiger partial charge in [-0.15, -0.1) is 0 Å². The highest BCUT2D eigenvalue weighted by atomic mass is 28.4. The molecule has 1 aliphatic rings. The second-order valence-electron chi connectivity index (χ2n) is 8.11. The van der Waals surface area contributed by atoms with Crippen LogP contribution in [0.2, 0.25) is 5.04 Å². The van der Waals surface area contributed by atoms with Crippen molar-refractivity contribution in [2.45, 2.75) is 57.3 Å². The first-order valence-electron chi connectivity index (χ1n) is 9.30. The molecule has 0 unspecified atom stereocenters. The monoisotopic (exact) mass is 370 g/mol. The molecule has 0 radical (unpaired) electrons. The third kappa shape index (κ3) is 3.53. The minimum Gasteiger partial charge on any atom is -0.404 e. The summed E-state index contributed by atoms with van der Waals surface area (Å²) < 4.78 is 21.0. The maximum atomic E-state index is 14.1. The van der Waals surface area contributed by atoms with E-state index in [2.05, 4.69) is 45.0 Å². The number of hydrogen-bond acceptors (Lipinski definition) is 2. The molecule has 138 valence electrons. The first-order valence-corrected chi connectivity index (χ1v) is 11.2. The van der Waals surface area contributed by atoms with Gasteiger partial charge >= 0.3 is 0 Å². The maximum Gasteiger partial charge on any atom is 0.261 e. The summed E-state index contributed by atoms with van der Waals surface area (Å²) in [6.07, 6.45) is -0.585. The zero-order valence-corrected chi connectivity index (χ0v) is 16.7. The van der Waals surface area contributed by atoms with E-state index in [9.17, 15) is 9.18 Å². The van der Waals surface area contributed by atoms with Gasteiger partial charge in [0.05, 0.1) is 0 Å². The number of carbonyl (C=O) groups excluding carboxylic acids is 1. The lowest BCUT2D eigenvalue weighted by molar-refractivity contribution is -0.127. The molecule has 4 heteroatoms. The molecular formula is C22H27FO2Si. The van der Waals surface area contributed by atoms with Gasteiger partial charge in [-0.25, -0.2) is 4.39 Å². The SMILES string of the molecule is CC(C)(C)[Si](O[C@H]1CCC(=O)[C@H](F)C1)(c1ccccc1)c1ccccc1. The Balaban J connectivity index is 2.10. The standard InChI is InChI=1S/C22H27FO2Si/c1-22(2,3)26(18-10-6-4-7-11-18,19-12-8-5-9-13-19)25-17-14-15-21(24)20(23)16-17/h4-13,17,20H,14-16H2,1-3H3/t17-,20+/m0/s1. The lowest BCUT2D eigenvalue weighted by atomic mass is 9.95. The van der Waals surface area contributed by atoms with Gasteiger partial charge in [0.1, 0.15) is 0 Å². The van der Waals surface area contributed by atoms with Crippen molar-refractivity contribution in [1.29, 1.82) is 0 Å². The highest BCUT2D eigenvalue weighted by molar-refractivity contribution is 6.99. The summed E-state index contributed by atoms with van der Waals surface area (Å²) in [5.41, 5.74) is 0. The molecule has 2 aromatic carbocycles. The van der Waals surface area contributed by atoms with Gasteiger partial charge in [-0.2, -0.15) is 0 Å². The lowest BCUT2D eigenvalue weighted by Gasteiger charge is -2.46. The molecule has 0 aliphatic heterocycles. The van der Waals surface area contributed by atoms with Crippen LogP contribution in [0.1, 0.15) is 40.0 Å². The summed E-state index contributed by atoms with van der Waals surface area (Å²) in [7, 11) is -2.67. The average molecular weight is 371 g/mol. The van der Waals surface area contributed by atoms with E-state index in [4.69, 9.17) is 4.43 Å². The van der Waals surface area contributed by atoms with Crippen LogP contribution in [0.3, 0.4) is 0 Å². The number of alkyl halides is 1. The fourth-order valence-corrected chi connectivity index (χ4v) is 8.72. The van der Waals surface area contributed by atoms with Crippen LogP contribution in [-0.4, -0.2) is 26.4 Å². The van der Waals surface area contributed by atoms with Crippen molar-refractivity contribution in [1.82, 2.24) is 0 Å². The Hall–Kier alpha value is -1.78. The molecule has 2 aromatic rings. The van der Waals surface area contributed by atoms with Crippen molar-refractivity contribution in [3.63, 3.8) is 0 Å². The predicted molar refractivity (Wildman–Crippen MR) is 106 cm³/mol. The molecular weight excluding hydrogens is 343 g/mol. The number of rotatable bonds is 4. The molecule has 1 fully saturated rings. The van der Waals surface area contributed by atoms with E-state index in [1.165, 1.54) is 10.4 Å². The summed E-state index contributed by atoms with van der Waals surface area (Å²) >= 11 is 0. The Morgan fingerprint density at radius 1 is 0.962 bits per heavy atom. The van der Waals surface area contributed by atoms with Gasteiger partial charge in [0.2, 0.25) is 0 Å². The van der Waals surface area contributed by atoms with E-state index in [-0.39, 0.29) is 29.8 Å². The Morgan fingerprint density at radius 2 is 1.46 bits per heavy atom. The highest BCUT2D eigenvalue weighted by Crippen LogP contribution is 2.39. The van der Waals surface area contributed by atoms with E-state index < -0.39 is 14.5 Å². The normalized spacial score (nSPS) is 21.6. The molecule has 0 bridgehead atoms. The first-order chi connectivity index (χ1) is 12.3. The quantitative estimate of drug-likeness (QED) is 0.760. The Labute approximate surface area is 156 Å². The molecule has 2 atom stereocenters. The predicted octanol–water partition coefficient (Wildman–Crippen LogP) is 4.02. The zero-order valence-electron chi connectivity index (χ0n) is 15.7. The second kappa shape index (κ2) is 7.45. The number of Topliss-reactive ketones (excluding diaryl/α,β-unsaturated/α-hetero) is 1. The summed E-state index contributed by atoms with van der Waals surface area (Å²) in [6.45, 7) is 6.63. The fraction of sp³-hybridized carbons (Fsp3) is 0.409. The Morgan fingerprint density at radius 3 is 1.88 bits per heavy atom. The number of ketones is 1. The smallest absolute Gasteiger partial charge is 0.261 e. The number of carbonyl (C=O) groups is 1. The molecule has 0 saturated heterocycles. The van der Waals surface area contributed by atoms with Crippen molar-refractivity contribution >= 4 is 24.5 Å². The summed E-state index contributed by atoms with van der Waals surface area (Å²) in [6, 6.07) is 20.7. The summed E-state index contributed by atoms with van der Waals surface area (Å²) in [5.74, 6) is -0.285. The van der Waals surface area contributed by atoms with Crippen LogP contribution in [0.25, 0.3) is 0 Å². The van der Waals surface area contributed by atoms with Crippen molar-refractivity contribution in [2.75, 3.05) is 0 Å². The summed E-state index contributed by atoms with van der Waals surface area (Å²) in [5, 5.41) is 2.24. The van der Waals surface area contributed by atoms with Gasteiger partial charge in [0.25, 0.3) is 8.32 Å². The number of benzene rings is 2. The molecule has 0 heterocycles. The van der Waals surface area contributed by atoms with Crippen LogP contribution in [0.4, 0.5) is 4.39 Å². The van der Waals surface area contributed by atoms with E-state index in [1.54, 1.807) is 0 Å². The van der Waals surface area contributed by atoms with E-state index >= 15 is 0 Å². The van der Waals surface area contributed by atoms with Crippen molar-refractivity contribution in [2.24, 2.45) is 0 Å². The molecule has 1 aliphatic carbocycles. The molecule has 0 N–H and O–H groups in total. The van der Waals surface area contributed by atoms with Gasteiger partial charge in [-0.05, 0) is 21.8 Å². The van der Waals surface area contributed by atoms with Crippen LogP contribution in [0.5, 0.6) is 0 Å². The lowest BCUT2D eigenvalue weighted by Crippen LogP contribution is -2.68. The number of halogens is 1. The van der Waals surface area contributed by atoms with E-state index in [1.807, 2.05) is 36.4 Å². The van der Waals surface area contributed by atoms with Crippen LogP contribution in [0, 0.1) is 0 Å². The van der Waals surface area contributed by atoms with Gasteiger partial charge in [-0.3, -0.25) is 4.79 Å². The van der Waals surface area contributed by atoms with Crippen molar-refractivity contribution < 1.29 is 13.6 Å². The second-order valence-corrected chi connectivity index (χ2v) is 12.4. The topological polar surface area (TPSA) is 26.3 Å². The van der Waals surface area contributed by atoms with Gasteiger partial charge in [0.15, 0.2) is 12.0 Å². The Bertz CT molecular complexity index is 700. The average Bonchev–Trinajstić information content (AvgIpc) is 2.63. The summed E-state index contributed by atoms with van der Waals surface area (Å²) in [4.78, 5) is 11.6. The Kier molecular flexibility index (Phi) is 5.44. The third-order valence-corrected chi connectivity index (χ3v) is 10.4. The maximum absolute atomic E-state index is 14.1. The van der Waals surface area contributed by atoms with Gasteiger partial charge in [-0.1, -0.05) is 81.4 Å². The first kappa shape index (κ1) is 19.0. The minimum atomic E-state index is -2.67. The molecule has 0 aromatic heterocycles. The van der Waals surface area contributed by atoms with Crippen LogP contribution in [-0.2, 0) is 9.22 Å². The fourth-order valence-electron chi connectivity index (χ4n) is 3.99. The van der Waals surface area contributed by atoms with Crippen LogP contribution in [0.15, 0.2) is 60.7 Å². The molecule has 0 amide bonds. The highest BCUT2D eigenvalue weighted by Gasteiger charge is 2.52. The van der Waals surface area contributed by atoms with Gasteiger partial charge < -0.3 is 4.43 Å². The largest absolute Gasteiger partial charge is 0.404 e. The van der Waals surface area contributed by atoms with E-state index in [0.717, 1.165) is 0 Å².